The summed E-state index contributed by atoms with van der Waals surface area (Å²) in [5.41, 5.74) is 7.01. The van der Waals surface area contributed by atoms with Gasteiger partial charge in [-0.15, -0.1) is 0 Å². The molecule has 0 saturated heterocycles. The molecule has 1 rings (SSSR count). The first-order valence-corrected chi connectivity index (χ1v) is 3.67. The molecule has 62 valence electrons. The molecule has 0 fully saturated rings. The number of aromatic nitrogens is 1. The molecule has 12 heavy (non-hydrogen) atoms. The third kappa shape index (κ3) is 2.60. The van der Waals surface area contributed by atoms with Crippen molar-refractivity contribution >= 4 is 5.69 Å². The maximum absolute atomic E-state index is 5.52. The van der Waals surface area contributed by atoms with E-state index in [1.165, 1.54) is 0 Å². The zero-order valence-corrected chi connectivity index (χ0v) is 6.96. The van der Waals surface area contributed by atoms with E-state index >= 15 is 0 Å². The number of pyridine rings is 1. The van der Waals surface area contributed by atoms with Gasteiger partial charge in [-0.3, -0.25) is 4.98 Å². The highest BCUT2D eigenvalue weighted by Gasteiger charge is 1.87. The van der Waals surface area contributed by atoms with Gasteiger partial charge in [-0.25, -0.2) is 0 Å². The van der Waals surface area contributed by atoms with E-state index in [1.54, 1.807) is 18.5 Å². The van der Waals surface area contributed by atoms with Crippen LogP contribution in [-0.2, 0) is 0 Å². The van der Waals surface area contributed by atoms with E-state index in [0.717, 1.165) is 5.56 Å². The van der Waals surface area contributed by atoms with Gasteiger partial charge < -0.3 is 11.1 Å². The van der Waals surface area contributed by atoms with Crippen molar-refractivity contribution in [2.75, 3.05) is 19.3 Å². The Morgan fingerprint density at radius 2 is 2.42 bits per heavy atom. The van der Waals surface area contributed by atoms with Crippen LogP contribution >= 0.6 is 0 Å². The molecule has 0 radical (unpaired) electrons. The number of hydrogen-bond donors (Lipinski definition) is 2. The van der Waals surface area contributed by atoms with Crippen LogP contribution in [0.3, 0.4) is 0 Å². The first-order valence-electron chi connectivity index (χ1n) is 3.67. The maximum atomic E-state index is 5.52. The summed E-state index contributed by atoms with van der Waals surface area (Å²) in [4.78, 5) is 3.92. The van der Waals surface area contributed by atoms with Crippen LogP contribution < -0.4 is 11.1 Å². The molecular formula is C9H11N3. The van der Waals surface area contributed by atoms with Gasteiger partial charge in [-0.2, -0.15) is 0 Å². The van der Waals surface area contributed by atoms with Crippen molar-refractivity contribution in [1.82, 2.24) is 10.3 Å². The normalized spacial score (nSPS) is 8.75. The van der Waals surface area contributed by atoms with Crippen LogP contribution in [0, 0.1) is 11.8 Å². The molecule has 0 bridgehead atoms. The Kier molecular flexibility index (Phi) is 3.12. The summed E-state index contributed by atoms with van der Waals surface area (Å²) in [6.07, 6.45) is 3.29. The van der Waals surface area contributed by atoms with E-state index in [2.05, 4.69) is 22.1 Å². The summed E-state index contributed by atoms with van der Waals surface area (Å²) < 4.78 is 0. The van der Waals surface area contributed by atoms with Gasteiger partial charge in [0.25, 0.3) is 0 Å². The second-order valence-electron chi connectivity index (χ2n) is 2.34. The maximum Gasteiger partial charge on any atom is 0.0577 e. The Morgan fingerprint density at radius 3 is 3.08 bits per heavy atom. The first-order chi connectivity index (χ1) is 5.83. The standard InChI is InChI=1S/C9H11N3/c1-11-4-2-3-8-5-9(10)7-12-6-8/h5-7,11H,4,10H2,1H3. The molecule has 1 aromatic heterocycles. The van der Waals surface area contributed by atoms with Gasteiger partial charge in [0.1, 0.15) is 0 Å². The van der Waals surface area contributed by atoms with E-state index in [0.29, 0.717) is 12.2 Å². The van der Waals surface area contributed by atoms with Crippen LogP contribution in [0.5, 0.6) is 0 Å². The van der Waals surface area contributed by atoms with Gasteiger partial charge in [0.15, 0.2) is 0 Å². The topological polar surface area (TPSA) is 50.9 Å². The Hall–Kier alpha value is -1.53. The fraction of sp³-hybridized carbons (Fsp3) is 0.222. The lowest BCUT2D eigenvalue weighted by Crippen LogP contribution is -2.04. The first kappa shape index (κ1) is 8.57. The second kappa shape index (κ2) is 4.37. The van der Waals surface area contributed by atoms with Crippen LogP contribution in [0.2, 0.25) is 0 Å². The molecule has 0 unspecified atom stereocenters. The summed E-state index contributed by atoms with van der Waals surface area (Å²) in [6, 6.07) is 1.80. The molecule has 1 heterocycles. The SMILES string of the molecule is CNCC#Cc1cncc(N)c1. The van der Waals surface area contributed by atoms with Crippen molar-refractivity contribution < 1.29 is 0 Å². The minimum absolute atomic E-state index is 0.645. The van der Waals surface area contributed by atoms with Crippen molar-refractivity contribution in [2.45, 2.75) is 0 Å². The average Bonchev–Trinajstić information content (AvgIpc) is 2.05. The van der Waals surface area contributed by atoms with Gasteiger partial charge in [-0.1, -0.05) is 11.8 Å². The molecule has 3 N–H and O–H groups in total. The summed E-state index contributed by atoms with van der Waals surface area (Å²) in [7, 11) is 1.85. The van der Waals surface area contributed by atoms with Gasteiger partial charge in [0.05, 0.1) is 12.2 Å². The molecule has 0 aliphatic heterocycles. The van der Waals surface area contributed by atoms with Crippen molar-refractivity contribution in [3.8, 4) is 11.8 Å². The number of anilines is 1. The predicted molar refractivity (Wildman–Crippen MR) is 49.5 cm³/mol. The number of nitrogens with zero attached hydrogens (tertiary/aromatic N) is 1. The zero-order valence-electron chi connectivity index (χ0n) is 6.96. The lowest BCUT2D eigenvalue weighted by Gasteiger charge is -1.91. The Balaban J connectivity index is 2.71. The van der Waals surface area contributed by atoms with Gasteiger partial charge in [0, 0.05) is 18.0 Å². The van der Waals surface area contributed by atoms with E-state index in [4.69, 9.17) is 5.73 Å². The molecule has 1 aromatic rings. The summed E-state index contributed by atoms with van der Waals surface area (Å²) >= 11 is 0. The van der Waals surface area contributed by atoms with Gasteiger partial charge >= 0.3 is 0 Å². The fourth-order valence-corrected chi connectivity index (χ4v) is 0.761. The lowest BCUT2D eigenvalue weighted by molar-refractivity contribution is 0.938. The fourth-order valence-electron chi connectivity index (χ4n) is 0.761. The van der Waals surface area contributed by atoms with Crippen LogP contribution in [0.15, 0.2) is 18.5 Å². The van der Waals surface area contributed by atoms with E-state index in [9.17, 15) is 0 Å². The largest absolute Gasteiger partial charge is 0.397 e. The van der Waals surface area contributed by atoms with Gasteiger partial charge in [0.2, 0.25) is 0 Å². The van der Waals surface area contributed by atoms with Crippen LogP contribution in [0.1, 0.15) is 5.56 Å². The minimum Gasteiger partial charge on any atom is -0.397 e. The quantitative estimate of drug-likeness (QED) is 0.580. The molecule has 0 spiro atoms. The number of nitrogens with two attached hydrogens (primary N) is 1. The minimum atomic E-state index is 0.645. The second-order valence-corrected chi connectivity index (χ2v) is 2.34. The molecule has 0 atom stereocenters. The van der Waals surface area contributed by atoms with Crippen LogP contribution in [-0.4, -0.2) is 18.6 Å². The number of nitrogen functional groups attached to an aromatic ring is 1. The molecule has 3 nitrogen and oxygen atoms in total. The van der Waals surface area contributed by atoms with Crippen molar-refractivity contribution in [3.05, 3.63) is 24.0 Å². The number of hydrogen-bond acceptors (Lipinski definition) is 3. The van der Waals surface area contributed by atoms with Crippen LogP contribution in [0.4, 0.5) is 5.69 Å². The Morgan fingerprint density at radius 1 is 1.58 bits per heavy atom. The Bertz CT molecular complexity index is 309. The van der Waals surface area contributed by atoms with E-state index < -0.39 is 0 Å². The van der Waals surface area contributed by atoms with E-state index in [-0.39, 0.29) is 0 Å². The summed E-state index contributed by atoms with van der Waals surface area (Å²) in [5.74, 6) is 5.85. The summed E-state index contributed by atoms with van der Waals surface area (Å²) in [6.45, 7) is 0.675. The third-order valence-electron chi connectivity index (χ3n) is 1.26. The highest BCUT2D eigenvalue weighted by Crippen LogP contribution is 2.00. The predicted octanol–water partition coefficient (Wildman–Crippen LogP) is 0.235. The monoisotopic (exact) mass is 161 g/mol. The molecule has 3 heteroatoms. The zero-order chi connectivity index (χ0) is 8.81. The lowest BCUT2D eigenvalue weighted by atomic mass is 10.3. The van der Waals surface area contributed by atoms with Crippen molar-refractivity contribution in [3.63, 3.8) is 0 Å². The van der Waals surface area contributed by atoms with Crippen LogP contribution in [0.25, 0.3) is 0 Å². The average molecular weight is 161 g/mol. The van der Waals surface area contributed by atoms with Crippen molar-refractivity contribution in [2.24, 2.45) is 0 Å². The molecule has 0 aliphatic carbocycles. The molecule has 0 aromatic carbocycles. The Labute approximate surface area is 72.0 Å². The highest BCUT2D eigenvalue weighted by molar-refractivity contribution is 5.44. The summed E-state index contributed by atoms with van der Waals surface area (Å²) in [5, 5.41) is 2.93. The molecule has 0 saturated carbocycles. The smallest absolute Gasteiger partial charge is 0.0577 e. The third-order valence-corrected chi connectivity index (χ3v) is 1.26. The molecule has 0 amide bonds. The van der Waals surface area contributed by atoms with Crippen molar-refractivity contribution in [1.29, 1.82) is 0 Å². The van der Waals surface area contributed by atoms with E-state index in [1.807, 2.05) is 7.05 Å². The molecular weight excluding hydrogens is 150 g/mol. The van der Waals surface area contributed by atoms with Gasteiger partial charge in [-0.05, 0) is 13.1 Å². The highest BCUT2D eigenvalue weighted by atomic mass is 14.8. The molecule has 0 aliphatic rings. The number of rotatable bonds is 1. The number of nitrogens with one attached hydrogen (secondary N) is 1.